The van der Waals surface area contributed by atoms with Gasteiger partial charge >= 0.3 is 0 Å². The zero-order valence-electron chi connectivity index (χ0n) is 11.1. The van der Waals surface area contributed by atoms with Crippen molar-refractivity contribution in [1.82, 2.24) is 20.2 Å². The lowest BCUT2D eigenvalue weighted by Crippen LogP contribution is -2.02. The molecule has 7 heteroatoms. The Morgan fingerprint density at radius 1 is 1.05 bits per heavy atom. The summed E-state index contributed by atoms with van der Waals surface area (Å²) in [5.41, 5.74) is 7.24. The number of rotatable bonds is 2. The highest BCUT2D eigenvalue weighted by atomic mass is 19.1. The van der Waals surface area contributed by atoms with Gasteiger partial charge in [-0.05, 0) is 59.3 Å². The average molecular weight is 287 g/mol. The van der Waals surface area contributed by atoms with Gasteiger partial charge in [0.2, 0.25) is 0 Å². The van der Waals surface area contributed by atoms with Crippen molar-refractivity contribution in [2.45, 2.75) is 6.92 Å². The van der Waals surface area contributed by atoms with Crippen LogP contribution in [0.5, 0.6) is 0 Å². The van der Waals surface area contributed by atoms with Gasteiger partial charge in [-0.3, -0.25) is 0 Å². The number of tetrazole rings is 1. The highest BCUT2D eigenvalue weighted by molar-refractivity contribution is 5.63. The maximum absolute atomic E-state index is 13.9. The molecule has 0 atom stereocenters. The van der Waals surface area contributed by atoms with Crippen LogP contribution in [0.15, 0.2) is 36.4 Å². The van der Waals surface area contributed by atoms with Crippen LogP contribution >= 0.6 is 0 Å². The Balaban J connectivity index is 2.17. The molecule has 0 unspecified atom stereocenters. The molecule has 0 fully saturated rings. The fourth-order valence-electron chi connectivity index (χ4n) is 2.00. The molecule has 2 aromatic carbocycles. The minimum atomic E-state index is -0.487. The van der Waals surface area contributed by atoms with Gasteiger partial charge in [-0.2, -0.15) is 4.68 Å². The molecule has 0 aliphatic rings. The number of aryl methyl sites for hydroxylation is 1. The van der Waals surface area contributed by atoms with E-state index in [0.717, 1.165) is 0 Å². The minimum Gasteiger partial charge on any atom is -0.399 e. The molecular weight excluding hydrogens is 276 g/mol. The van der Waals surface area contributed by atoms with E-state index in [1.807, 2.05) is 0 Å². The Labute approximate surface area is 119 Å². The van der Waals surface area contributed by atoms with Gasteiger partial charge in [0.05, 0.1) is 11.3 Å². The molecular formula is C14H11F2N5. The molecule has 0 saturated heterocycles. The molecule has 0 amide bonds. The normalized spacial score (nSPS) is 10.8. The molecule has 21 heavy (non-hydrogen) atoms. The molecule has 0 bridgehead atoms. The van der Waals surface area contributed by atoms with E-state index >= 15 is 0 Å². The van der Waals surface area contributed by atoms with E-state index in [2.05, 4.69) is 15.5 Å². The lowest BCUT2D eigenvalue weighted by molar-refractivity contribution is 0.617. The molecule has 0 aliphatic heterocycles. The molecule has 5 nitrogen and oxygen atoms in total. The van der Waals surface area contributed by atoms with Crippen LogP contribution in [0, 0.1) is 18.6 Å². The number of benzene rings is 2. The Kier molecular flexibility index (Phi) is 3.09. The quantitative estimate of drug-likeness (QED) is 0.735. The molecule has 0 saturated carbocycles. The van der Waals surface area contributed by atoms with E-state index in [9.17, 15) is 8.78 Å². The van der Waals surface area contributed by atoms with Crippen molar-refractivity contribution in [2.75, 3.05) is 5.73 Å². The van der Waals surface area contributed by atoms with Gasteiger partial charge in [0.1, 0.15) is 11.6 Å². The molecule has 0 aliphatic carbocycles. The van der Waals surface area contributed by atoms with Crippen LogP contribution in [0.3, 0.4) is 0 Å². The van der Waals surface area contributed by atoms with Crippen molar-refractivity contribution in [2.24, 2.45) is 0 Å². The van der Waals surface area contributed by atoms with Crippen molar-refractivity contribution in [3.8, 4) is 17.1 Å². The number of hydrogen-bond donors (Lipinski definition) is 1. The summed E-state index contributed by atoms with van der Waals surface area (Å²) in [6.45, 7) is 1.63. The van der Waals surface area contributed by atoms with Gasteiger partial charge in [0, 0.05) is 5.69 Å². The van der Waals surface area contributed by atoms with Crippen LogP contribution < -0.4 is 5.73 Å². The molecule has 1 heterocycles. The third-order valence-electron chi connectivity index (χ3n) is 3.09. The molecule has 0 spiro atoms. The van der Waals surface area contributed by atoms with Crippen LogP contribution in [-0.4, -0.2) is 20.2 Å². The summed E-state index contributed by atoms with van der Waals surface area (Å²) in [7, 11) is 0. The number of nitrogens with zero attached hydrogens (tertiary/aromatic N) is 4. The van der Waals surface area contributed by atoms with Crippen molar-refractivity contribution in [3.05, 3.63) is 53.6 Å². The van der Waals surface area contributed by atoms with Crippen molar-refractivity contribution in [1.29, 1.82) is 0 Å². The van der Waals surface area contributed by atoms with Crippen LogP contribution in [-0.2, 0) is 0 Å². The number of nitrogen functional groups attached to an aromatic ring is 1. The highest BCUT2D eigenvalue weighted by Gasteiger charge is 2.15. The standard InChI is InChI=1S/C14H11F2N5/c1-8-6-10(3-5-12(8)15)21-14(18-19-20-21)11-7-9(17)2-4-13(11)16/h2-7H,17H2,1H3. The van der Waals surface area contributed by atoms with Crippen molar-refractivity contribution < 1.29 is 8.78 Å². The fourth-order valence-corrected chi connectivity index (χ4v) is 2.00. The first kappa shape index (κ1) is 13.2. The number of aromatic nitrogens is 4. The molecule has 3 rings (SSSR count). The summed E-state index contributed by atoms with van der Waals surface area (Å²) in [5, 5.41) is 11.2. The summed E-state index contributed by atoms with van der Waals surface area (Å²) >= 11 is 0. The first-order valence-electron chi connectivity index (χ1n) is 6.16. The third-order valence-corrected chi connectivity index (χ3v) is 3.09. The highest BCUT2D eigenvalue weighted by Crippen LogP contribution is 2.25. The number of hydrogen-bond acceptors (Lipinski definition) is 4. The van der Waals surface area contributed by atoms with E-state index in [4.69, 9.17) is 5.73 Å². The fraction of sp³-hybridized carbons (Fsp3) is 0.0714. The van der Waals surface area contributed by atoms with E-state index in [1.165, 1.54) is 35.0 Å². The van der Waals surface area contributed by atoms with E-state index in [0.29, 0.717) is 16.9 Å². The number of halogens is 2. The summed E-state index contributed by atoms with van der Waals surface area (Å²) in [5.74, 6) is -0.617. The first-order chi connectivity index (χ1) is 10.1. The average Bonchev–Trinajstić information content (AvgIpc) is 2.93. The Morgan fingerprint density at radius 2 is 1.81 bits per heavy atom. The first-order valence-corrected chi connectivity index (χ1v) is 6.16. The molecule has 3 aromatic rings. The zero-order valence-corrected chi connectivity index (χ0v) is 11.1. The van der Waals surface area contributed by atoms with Crippen LogP contribution in [0.1, 0.15) is 5.56 Å². The molecule has 2 N–H and O–H groups in total. The predicted octanol–water partition coefficient (Wildman–Crippen LogP) is 2.50. The summed E-state index contributed by atoms with van der Waals surface area (Å²) in [4.78, 5) is 0. The van der Waals surface area contributed by atoms with Crippen molar-refractivity contribution in [3.63, 3.8) is 0 Å². The monoisotopic (exact) mass is 287 g/mol. The maximum atomic E-state index is 13.9. The number of anilines is 1. The van der Waals surface area contributed by atoms with Crippen LogP contribution in [0.4, 0.5) is 14.5 Å². The summed E-state index contributed by atoms with van der Waals surface area (Å²) in [6.07, 6.45) is 0. The maximum Gasteiger partial charge on any atom is 0.190 e. The van der Waals surface area contributed by atoms with E-state index in [-0.39, 0.29) is 17.2 Å². The van der Waals surface area contributed by atoms with Crippen LogP contribution in [0.2, 0.25) is 0 Å². The topological polar surface area (TPSA) is 69.6 Å². The SMILES string of the molecule is Cc1cc(-n2nnnc2-c2cc(N)ccc2F)ccc1F. The van der Waals surface area contributed by atoms with Gasteiger partial charge in [-0.25, -0.2) is 8.78 Å². The second kappa shape index (κ2) is 4.93. The third kappa shape index (κ3) is 2.33. The Bertz CT molecular complexity index is 813. The van der Waals surface area contributed by atoms with Gasteiger partial charge in [0.15, 0.2) is 5.82 Å². The smallest absolute Gasteiger partial charge is 0.190 e. The second-order valence-electron chi connectivity index (χ2n) is 4.59. The minimum absolute atomic E-state index is 0.182. The van der Waals surface area contributed by atoms with Gasteiger partial charge in [-0.1, -0.05) is 0 Å². The second-order valence-corrected chi connectivity index (χ2v) is 4.59. The predicted molar refractivity (Wildman–Crippen MR) is 73.7 cm³/mol. The van der Waals surface area contributed by atoms with Crippen molar-refractivity contribution >= 4 is 5.69 Å². The van der Waals surface area contributed by atoms with Crippen LogP contribution in [0.25, 0.3) is 17.1 Å². The number of nitrogens with two attached hydrogens (primary N) is 1. The zero-order chi connectivity index (χ0) is 15.0. The summed E-state index contributed by atoms with van der Waals surface area (Å²) in [6, 6.07) is 8.57. The van der Waals surface area contributed by atoms with Gasteiger partial charge in [0.25, 0.3) is 0 Å². The van der Waals surface area contributed by atoms with E-state index in [1.54, 1.807) is 13.0 Å². The lowest BCUT2D eigenvalue weighted by Gasteiger charge is -2.07. The Hall–Kier alpha value is -2.83. The van der Waals surface area contributed by atoms with Gasteiger partial charge in [-0.15, -0.1) is 5.10 Å². The van der Waals surface area contributed by atoms with Gasteiger partial charge < -0.3 is 5.73 Å². The molecule has 1 aromatic heterocycles. The lowest BCUT2D eigenvalue weighted by atomic mass is 10.1. The largest absolute Gasteiger partial charge is 0.399 e. The summed E-state index contributed by atoms with van der Waals surface area (Å²) < 4.78 is 28.6. The Morgan fingerprint density at radius 3 is 2.57 bits per heavy atom. The molecule has 106 valence electrons. The van der Waals surface area contributed by atoms with E-state index < -0.39 is 5.82 Å². The molecule has 0 radical (unpaired) electrons.